The van der Waals surface area contributed by atoms with E-state index in [9.17, 15) is 4.79 Å². The number of terminal acetylenes is 1. The molecule has 144 valence electrons. The molecular formula is C24H21N3O2. The molecule has 0 bridgehead atoms. The van der Waals surface area contributed by atoms with E-state index in [1.807, 2.05) is 73.9 Å². The van der Waals surface area contributed by atoms with Gasteiger partial charge >= 0.3 is 5.97 Å². The number of aliphatic imine (C=N–C) groups is 1. The van der Waals surface area contributed by atoms with Crippen molar-refractivity contribution < 1.29 is 9.53 Å². The predicted molar refractivity (Wildman–Crippen MR) is 112 cm³/mol. The van der Waals surface area contributed by atoms with Gasteiger partial charge in [0.2, 0.25) is 0 Å². The van der Waals surface area contributed by atoms with Gasteiger partial charge in [-0.3, -0.25) is 9.56 Å². The van der Waals surface area contributed by atoms with E-state index in [4.69, 9.17) is 16.2 Å². The van der Waals surface area contributed by atoms with Crippen molar-refractivity contribution in [1.82, 2.24) is 9.55 Å². The molecule has 0 unspecified atom stereocenters. The first-order valence-corrected chi connectivity index (χ1v) is 9.38. The molecule has 2 aromatic carbocycles. The molecule has 0 saturated heterocycles. The van der Waals surface area contributed by atoms with E-state index in [1.54, 1.807) is 6.33 Å². The Morgan fingerprint density at radius 3 is 2.62 bits per heavy atom. The van der Waals surface area contributed by atoms with Crippen molar-refractivity contribution in [2.45, 2.75) is 32.9 Å². The summed E-state index contributed by atoms with van der Waals surface area (Å²) < 4.78 is 7.43. The number of esters is 1. The predicted octanol–water partition coefficient (Wildman–Crippen LogP) is 4.16. The van der Waals surface area contributed by atoms with Crippen LogP contribution in [0.3, 0.4) is 0 Å². The van der Waals surface area contributed by atoms with Crippen LogP contribution >= 0.6 is 0 Å². The zero-order valence-electron chi connectivity index (χ0n) is 16.6. The molecule has 0 fully saturated rings. The second-order valence-corrected chi connectivity index (χ2v) is 7.82. The van der Waals surface area contributed by atoms with Crippen molar-refractivity contribution >= 4 is 11.7 Å². The lowest BCUT2D eigenvalue weighted by Crippen LogP contribution is -2.24. The summed E-state index contributed by atoms with van der Waals surface area (Å²) in [5, 5.41) is 0. The summed E-state index contributed by atoms with van der Waals surface area (Å²) in [4.78, 5) is 21.9. The number of nitrogens with zero attached hydrogens (tertiary/aromatic N) is 3. The minimum atomic E-state index is -0.601. The van der Waals surface area contributed by atoms with E-state index >= 15 is 0 Å². The van der Waals surface area contributed by atoms with Crippen LogP contribution in [0.25, 0.3) is 5.69 Å². The van der Waals surface area contributed by atoms with Crippen molar-refractivity contribution in [2.24, 2.45) is 4.99 Å². The van der Waals surface area contributed by atoms with Crippen molar-refractivity contribution in [1.29, 1.82) is 0 Å². The lowest BCUT2D eigenvalue weighted by Gasteiger charge is -2.19. The van der Waals surface area contributed by atoms with Crippen LogP contribution in [0.2, 0.25) is 0 Å². The van der Waals surface area contributed by atoms with Gasteiger partial charge in [-0.1, -0.05) is 36.3 Å². The number of carbonyl (C=O) groups is 1. The van der Waals surface area contributed by atoms with E-state index in [2.05, 4.69) is 10.9 Å². The number of ether oxygens (including phenoxy) is 1. The molecule has 5 nitrogen and oxygen atoms in total. The first-order chi connectivity index (χ1) is 13.9. The second kappa shape index (κ2) is 7.06. The molecule has 29 heavy (non-hydrogen) atoms. The van der Waals surface area contributed by atoms with Crippen molar-refractivity contribution in [3.8, 4) is 18.0 Å². The normalized spacial score (nSPS) is 12.8. The summed E-state index contributed by atoms with van der Waals surface area (Å²) in [6.45, 7) is 5.81. The molecule has 3 aromatic rings. The maximum absolute atomic E-state index is 12.7. The minimum Gasteiger partial charge on any atom is -0.455 e. The quantitative estimate of drug-likeness (QED) is 0.493. The Labute approximate surface area is 170 Å². The molecule has 0 spiro atoms. The van der Waals surface area contributed by atoms with Gasteiger partial charge in [-0.05, 0) is 39.0 Å². The van der Waals surface area contributed by atoms with Crippen molar-refractivity contribution in [2.75, 3.05) is 0 Å². The molecule has 0 aliphatic carbocycles. The summed E-state index contributed by atoms with van der Waals surface area (Å²) in [6.07, 6.45) is 7.28. The Morgan fingerprint density at radius 2 is 1.93 bits per heavy atom. The molecule has 1 aliphatic heterocycles. The molecule has 0 radical (unpaired) electrons. The Balaban J connectivity index is 1.89. The van der Waals surface area contributed by atoms with Crippen LogP contribution < -0.4 is 0 Å². The lowest BCUT2D eigenvalue weighted by atomic mass is 9.98. The van der Waals surface area contributed by atoms with Gasteiger partial charge < -0.3 is 4.74 Å². The third-order valence-electron chi connectivity index (χ3n) is 4.57. The molecule has 2 heterocycles. The Hall–Kier alpha value is -3.65. The average molecular weight is 383 g/mol. The first kappa shape index (κ1) is 18.7. The van der Waals surface area contributed by atoms with E-state index in [0.717, 1.165) is 28.1 Å². The number of fused-ring (bicyclic) bond motifs is 3. The highest BCUT2D eigenvalue weighted by molar-refractivity contribution is 6.15. The zero-order chi connectivity index (χ0) is 20.6. The van der Waals surface area contributed by atoms with Gasteiger partial charge in [-0.15, -0.1) is 6.42 Å². The summed E-state index contributed by atoms with van der Waals surface area (Å²) in [7, 11) is 0. The highest BCUT2D eigenvalue weighted by Gasteiger charge is 2.27. The SMILES string of the molecule is C#Cc1ccc2c(c1)C(c1ccccc1)=NCc1c(C(=O)OC(C)(C)C)ncn1-2. The molecular weight excluding hydrogens is 362 g/mol. The van der Waals surface area contributed by atoms with Crippen LogP contribution in [0, 0.1) is 12.3 Å². The second-order valence-electron chi connectivity index (χ2n) is 7.82. The van der Waals surface area contributed by atoms with Crippen LogP contribution in [0.5, 0.6) is 0 Å². The zero-order valence-corrected chi connectivity index (χ0v) is 16.6. The van der Waals surface area contributed by atoms with Gasteiger partial charge in [-0.2, -0.15) is 0 Å². The Morgan fingerprint density at radius 1 is 1.17 bits per heavy atom. The van der Waals surface area contributed by atoms with Crippen LogP contribution in [-0.4, -0.2) is 26.8 Å². The Kier molecular flexibility index (Phi) is 4.56. The van der Waals surface area contributed by atoms with Crippen LogP contribution in [0.1, 0.15) is 53.6 Å². The monoisotopic (exact) mass is 383 g/mol. The molecule has 0 saturated carbocycles. The third-order valence-corrected chi connectivity index (χ3v) is 4.57. The minimum absolute atomic E-state index is 0.282. The standard InChI is InChI=1S/C24H21N3O2/c1-5-16-11-12-19-18(13-16)21(17-9-7-6-8-10-17)25-14-20-22(26-15-27(19)20)23(28)29-24(2,3)4/h1,6-13,15H,14H2,2-4H3. The van der Waals surface area contributed by atoms with Gasteiger partial charge in [0.1, 0.15) is 11.9 Å². The summed E-state index contributed by atoms with van der Waals surface area (Å²) in [6, 6.07) is 15.7. The molecule has 0 amide bonds. The molecule has 0 atom stereocenters. The topological polar surface area (TPSA) is 56.5 Å². The molecule has 0 N–H and O–H groups in total. The highest BCUT2D eigenvalue weighted by Crippen LogP contribution is 2.28. The first-order valence-electron chi connectivity index (χ1n) is 9.38. The molecule has 1 aromatic heterocycles. The molecule has 4 rings (SSSR count). The fraction of sp³-hybridized carbons (Fsp3) is 0.208. The number of aromatic nitrogens is 2. The third kappa shape index (κ3) is 3.57. The fourth-order valence-electron chi connectivity index (χ4n) is 3.34. The fourth-order valence-corrected chi connectivity index (χ4v) is 3.34. The van der Waals surface area contributed by atoms with E-state index < -0.39 is 11.6 Å². The lowest BCUT2D eigenvalue weighted by molar-refractivity contribution is 0.00621. The van der Waals surface area contributed by atoms with E-state index in [0.29, 0.717) is 12.2 Å². The summed E-state index contributed by atoms with van der Waals surface area (Å²) in [5.41, 5.74) is 4.74. The summed E-state index contributed by atoms with van der Waals surface area (Å²) in [5.74, 6) is 2.24. The summed E-state index contributed by atoms with van der Waals surface area (Å²) >= 11 is 0. The number of benzene rings is 2. The Bertz CT molecular complexity index is 1160. The number of imidazole rings is 1. The van der Waals surface area contributed by atoms with Gasteiger partial charge in [0.05, 0.1) is 23.6 Å². The number of hydrogen-bond acceptors (Lipinski definition) is 4. The largest absolute Gasteiger partial charge is 0.455 e. The number of rotatable bonds is 2. The van der Waals surface area contributed by atoms with Crippen LogP contribution in [-0.2, 0) is 11.3 Å². The van der Waals surface area contributed by atoms with Crippen LogP contribution in [0.4, 0.5) is 0 Å². The number of hydrogen-bond donors (Lipinski definition) is 0. The average Bonchev–Trinajstić information content (AvgIpc) is 3.04. The van der Waals surface area contributed by atoms with Crippen molar-refractivity contribution in [3.05, 3.63) is 82.9 Å². The molecule has 5 heteroatoms. The van der Waals surface area contributed by atoms with Crippen molar-refractivity contribution in [3.63, 3.8) is 0 Å². The van der Waals surface area contributed by atoms with E-state index in [1.165, 1.54) is 0 Å². The van der Waals surface area contributed by atoms with Crippen LogP contribution in [0.15, 0.2) is 59.9 Å². The highest BCUT2D eigenvalue weighted by atomic mass is 16.6. The maximum atomic E-state index is 12.7. The van der Waals surface area contributed by atoms with Gasteiger partial charge in [0.25, 0.3) is 0 Å². The number of carbonyl (C=O) groups excluding carboxylic acids is 1. The molecule has 1 aliphatic rings. The van der Waals surface area contributed by atoms with Gasteiger partial charge in [0, 0.05) is 16.7 Å². The maximum Gasteiger partial charge on any atom is 0.359 e. The van der Waals surface area contributed by atoms with Gasteiger partial charge in [-0.25, -0.2) is 9.78 Å². The van der Waals surface area contributed by atoms with Gasteiger partial charge in [0.15, 0.2) is 5.69 Å². The van der Waals surface area contributed by atoms with E-state index in [-0.39, 0.29) is 5.69 Å². The smallest absolute Gasteiger partial charge is 0.359 e.